The van der Waals surface area contributed by atoms with Crippen LogP contribution in [-0.2, 0) is 0 Å². The summed E-state index contributed by atoms with van der Waals surface area (Å²) in [5.74, 6) is 0.453. The van der Waals surface area contributed by atoms with Gasteiger partial charge in [0.2, 0.25) is 0 Å². The lowest BCUT2D eigenvalue weighted by Gasteiger charge is -2.26. The van der Waals surface area contributed by atoms with Crippen molar-refractivity contribution in [2.45, 2.75) is 33.2 Å². The van der Waals surface area contributed by atoms with Crippen LogP contribution in [0.1, 0.15) is 27.2 Å². The van der Waals surface area contributed by atoms with Gasteiger partial charge in [0.25, 0.3) is 0 Å². The first-order valence-electron chi connectivity index (χ1n) is 4.53. The summed E-state index contributed by atoms with van der Waals surface area (Å²) in [6.45, 7) is 7.22. The maximum Gasteiger partial charge on any atom is 0.0947 e. The zero-order chi connectivity index (χ0) is 9.72. The van der Waals surface area contributed by atoms with Gasteiger partial charge in [0, 0.05) is 18.5 Å². The molecule has 0 saturated carbocycles. The van der Waals surface area contributed by atoms with Crippen molar-refractivity contribution in [3.63, 3.8) is 0 Å². The van der Waals surface area contributed by atoms with Gasteiger partial charge in [-0.25, -0.2) is 0 Å². The van der Waals surface area contributed by atoms with Gasteiger partial charge in [-0.1, -0.05) is 13.8 Å². The first kappa shape index (κ1) is 11.4. The molecule has 72 valence electrons. The van der Waals surface area contributed by atoms with E-state index < -0.39 is 0 Å². The van der Waals surface area contributed by atoms with Crippen molar-refractivity contribution >= 4 is 5.84 Å². The Morgan fingerprint density at radius 2 is 2.00 bits per heavy atom. The molecule has 0 radical (unpaired) electrons. The molecule has 2 atom stereocenters. The third kappa shape index (κ3) is 3.72. The maximum absolute atomic E-state index is 7.24. The summed E-state index contributed by atoms with van der Waals surface area (Å²) in [5.41, 5.74) is 5.38. The molecule has 3 N–H and O–H groups in total. The molecule has 3 heteroatoms. The quantitative estimate of drug-likeness (QED) is 0.484. The summed E-state index contributed by atoms with van der Waals surface area (Å²) in [7, 11) is 2.08. The lowest BCUT2D eigenvalue weighted by Crippen LogP contribution is -2.36. The van der Waals surface area contributed by atoms with Crippen LogP contribution in [0.4, 0.5) is 0 Å². The number of nitrogens with zero attached hydrogens (tertiary/aromatic N) is 1. The first-order valence-corrected chi connectivity index (χ1v) is 4.53. The Hall–Kier alpha value is -0.570. The minimum Gasteiger partial charge on any atom is -0.387 e. The third-order valence-corrected chi connectivity index (χ3v) is 2.44. The van der Waals surface area contributed by atoms with Gasteiger partial charge in [-0.2, -0.15) is 0 Å². The van der Waals surface area contributed by atoms with Gasteiger partial charge in [-0.3, -0.25) is 5.41 Å². The van der Waals surface area contributed by atoms with Crippen LogP contribution in [0.3, 0.4) is 0 Å². The summed E-state index contributed by atoms with van der Waals surface area (Å²) in [6.07, 6.45) is 1.14. The molecule has 0 aliphatic heterocycles. The lowest BCUT2D eigenvalue weighted by molar-refractivity contribution is 0.238. The molecule has 0 bridgehead atoms. The zero-order valence-electron chi connectivity index (χ0n) is 8.59. The van der Waals surface area contributed by atoms with Gasteiger partial charge in [-0.15, -0.1) is 0 Å². The van der Waals surface area contributed by atoms with E-state index in [0.29, 0.717) is 6.04 Å². The van der Waals surface area contributed by atoms with E-state index in [4.69, 9.17) is 11.1 Å². The van der Waals surface area contributed by atoms with Crippen LogP contribution in [0, 0.1) is 11.3 Å². The summed E-state index contributed by atoms with van der Waals surface area (Å²) in [5, 5.41) is 7.24. The van der Waals surface area contributed by atoms with Crippen molar-refractivity contribution in [2.24, 2.45) is 11.7 Å². The molecule has 0 rings (SSSR count). The van der Waals surface area contributed by atoms with Crippen molar-refractivity contribution in [1.29, 1.82) is 5.41 Å². The van der Waals surface area contributed by atoms with Crippen molar-refractivity contribution < 1.29 is 0 Å². The molecular formula is C9H21N3. The SMILES string of the molecule is CCC(C)N(C)CC(C)C(=N)N. The second-order valence-corrected chi connectivity index (χ2v) is 3.55. The normalized spacial score (nSPS) is 16.1. The van der Waals surface area contributed by atoms with E-state index in [1.165, 1.54) is 0 Å². The van der Waals surface area contributed by atoms with Crippen molar-refractivity contribution in [1.82, 2.24) is 4.90 Å². The number of hydrogen-bond donors (Lipinski definition) is 2. The highest BCUT2D eigenvalue weighted by Crippen LogP contribution is 2.04. The topological polar surface area (TPSA) is 53.1 Å². The molecule has 0 spiro atoms. The molecule has 0 aliphatic carbocycles. The molecule has 12 heavy (non-hydrogen) atoms. The maximum atomic E-state index is 7.24. The minimum absolute atomic E-state index is 0.170. The fourth-order valence-electron chi connectivity index (χ4n) is 1.02. The Bertz CT molecular complexity index is 145. The van der Waals surface area contributed by atoms with E-state index in [-0.39, 0.29) is 11.8 Å². The molecule has 2 unspecified atom stereocenters. The number of rotatable bonds is 5. The minimum atomic E-state index is 0.170. The van der Waals surface area contributed by atoms with Crippen LogP contribution in [0.15, 0.2) is 0 Å². The van der Waals surface area contributed by atoms with Crippen LogP contribution in [0.2, 0.25) is 0 Å². The Morgan fingerprint density at radius 1 is 1.50 bits per heavy atom. The van der Waals surface area contributed by atoms with Crippen LogP contribution in [-0.4, -0.2) is 30.4 Å². The second kappa shape index (κ2) is 5.14. The van der Waals surface area contributed by atoms with Crippen LogP contribution < -0.4 is 5.73 Å². The Labute approximate surface area is 75.4 Å². The summed E-state index contributed by atoms with van der Waals surface area (Å²) in [6, 6.07) is 0.576. The van der Waals surface area contributed by atoms with E-state index in [0.717, 1.165) is 13.0 Å². The van der Waals surface area contributed by atoms with E-state index in [1.54, 1.807) is 0 Å². The second-order valence-electron chi connectivity index (χ2n) is 3.55. The number of hydrogen-bond acceptors (Lipinski definition) is 2. The summed E-state index contributed by atoms with van der Waals surface area (Å²) >= 11 is 0. The number of amidine groups is 1. The van der Waals surface area contributed by atoms with Gasteiger partial charge in [0.05, 0.1) is 5.84 Å². The fourth-order valence-corrected chi connectivity index (χ4v) is 1.02. The zero-order valence-corrected chi connectivity index (χ0v) is 8.59. The number of nitrogens with one attached hydrogen (secondary N) is 1. The average molecular weight is 171 g/mol. The summed E-state index contributed by atoms with van der Waals surface area (Å²) < 4.78 is 0. The molecule has 0 aromatic carbocycles. The van der Waals surface area contributed by atoms with Crippen LogP contribution >= 0.6 is 0 Å². The largest absolute Gasteiger partial charge is 0.387 e. The van der Waals surface area contributed by atoms with E-state index in [2.05, 4.69) is 25.8 Å². The molecule has 0 amide bonds. The lowest BCUT2D eigenvalue weighted by atomic mass is 10.1. The molecule has 0 fully saturated rings. The highest BCUT2D eigenvalue weighted by Gasteiger charge is 2.12. The van der Waals surface area contributed by atoms with Gasteiger partial charge in [0.15, 0.2) is 0 Å². The number of nitrogens with two attached hydrogens (primary N) is 1. The predicted molar refractivity (Wildman–Crippen MR) is 53.5 cm³/mol. The van der Waals surface area contributed by atoms with Crippen molar-refractivity contribution in [3.05, 3.63) is 0 Å². The fraction of sp³-hybridized carbons (Fsp3) is 0.889. The molecule has 0 aromatic heterocycles. The van der Waals surface area contributed by atoms with Crippen LogP contribution in [0.25, 0.3) is 0 Å². The predicted octanol–water partition coefficient (Wildman–Crippen LogP) is 1.29. The monoisotopic (exact) mass is 171 g/mol. The highest BCUT2D eigenvalue weighted by molar-refractivity contribution is 5.79. The first-order chi connectivity index (χ1) is 5.49. The van der Waals surface area contributed by atoms with Gasteiger partial charge >= 0.3 is 0 Å². The molecule has 0 saturated heterocycles. The summed E-state index contributed by atoms with van der Waals surface area (Å²) in [4.78, 5) is 2.24. The smallest absolute Gasteiger partial charge is 0.0947 e. The molecule has 0 aromatic rings. The van der Waals surface area contributed by atoms with Crippen molar-refractivity contribution in [3.8, 4) is 0 Å². The average Bonchev–Trinajstić information content (AvgIpc) is 2.02. The van der Waals surface area contributed by atoms with Gasteiger partial charge in [0.1, 0.15) is 0 Å². The van der Waals surface area contributed by atoms with E-state index in [9.17, 15) is 0 Å². The molecule has 0 aliphatic rings. The third-order valence-electron chi connectivity index (χ3n) is 2.44. The standard InChI is InChI=1S/C9H21N3/c1-5-8(3)12(4)6-7(2)9(10)11/h7-8H,5-6H2,1-4H3,(H3,10,11). The van der Waals surface area contributed by atoms with Crippen molar-refractivity contribution in [2.75, 3.05) is 13.6 Å². The molecule has 0 heterocycles. The molecule has 3 nitrogen and oxygen atoms in total. The molecular weight excluding hydrogens is 150 g/mol. The Morgan fingerprint density at radius 3 is 2.33 bits per heavy atom. The Balaban J connectivity index is 3.83. The van der Waals surface area contributed by atoms with Gasteiger partial charge < -0.3 is 10.6 Å². The highest BCUT2D eigenvalue weighted by atomic mass is 15.1. The van der Waals surface area contributed by atoms with E-state index in [1.807, 2.05) is 6.92 Å². The van der Waals surface area contributed by atoms with E-state index >= 15 is 0 Å². The van der Waals surface area contributed by atoms with Gasteiger partial charge in [-0.05, 0) is 20.4 Å². The van der Waals surface area contributed by atoms with Crippen LogP contribution in [0.5, 0.6) is 0 Å². The Kier molecular flexibility index (Phi) is 4.90.